The number of carbonyl (C=O) groups is 2. The van der Waals surface area contributed by atoms with Crippen molar-refractivity contribution in [3.05, 3.63) is 0 Å². The number of hydrogen-bond donors (Lipinski definition) is 0. The molecule has 1 aliphatic heterocycles. The quantitative estimate of drug-likeness (QED) is 0.592. The van der Waals surface area contributed by atoms with E-state index in [1.54, 1.807) is 6.92 Å². The van der Waals surface area contributed by atoms with Gasteiger partial charge in [-0.2, -0.15) is 0 Å². The average Bonchev–Trinajstić information content (AvgIpc) is 2.53. The van der Waals surface area contributed by atoms with E-state index >= 15 is 0 Å². The van der Waals surface area contributed by atoms with Gasteiger partial charge in [0.1, 0.15) is 11.9 Å². The van der Waals surface area contributed by atoms with Crippen LogP contribution in [-0.4, -0.2) is 24.3 Å². The van der Waals surface area contributed by atoms with Gasteiger partial charge in [-0.15, -0.1) is 0 Å². The lowest BCUT2D eigenvalue weighted by molar-refractivity contribution is -0.137. The molecule has 3 heteroatoms. The topological polar surface area (TPSA) is 43.4 Å². The van der Waals surface area contributed by atoms with Crippen LogP contribution in [0.5, 0.6) is 0 Å². The fraction of sp³-hybridized carbons (Fsp3) is 0.778. The highest BCUT2D eigenvalue weighted by molar-refractivity contribution is 6.03. The van der Waals surface area contributed by atoms with Gasteiger partial charge < -0.3 is 4.74 Å². The van der Waals surface area contributed by atoms with Crippen LogP contribution < -0.4 is 0 Å². The van der Waals surface area contributed by atoms with Gasteiger partial charge in [-0.1, -0.05) is 0 Å². The van der Waals surface area contributed by atoms with Crippen LogP contribution in [0.25, 0.3) is 0 Å². The summed E-state index contributed by atoms with van der Waals surface area (Å²) in [6.07, 6.45) is 1.39. The van der Waals surface area contributed by atoms with E-state index in [9.17, 15) is 9.59 Å². The van der Waals surface area contributed by atoms with E-state index in [0.717, 1.165) is 12.8 Å². The molecule has 2 unspecified atom stereocenters. The second-order valence-corrected chi connectivity index (χ2v) is 3.24. The first kappa shape index (κ1) is 9.39. The number of hydrogen-bond acceptors (Lipinski definition) is 3. The van der Waals surface area contributed by atoms with E-state index in [-0.39, 0.29) is 17.7 Å². The maximum atomic E-state index is 11.4. The van der Waals surface area contributed by atoms with Crippen molar-refractivity contribution in [3.63, 3.8) is 0 Å². The molecule has 0 aromatic rings. The van der Waals surface area contributed by atoms with Gasteiger partial charge >= 0.3 is 0 Å². The summed E-state index contributed by atoms with van der Waals surface area (Å²) in [5.74, 6) is -0.622. The van der Waals surface area contributed by atoms with E-state index in [1.807, 2.05) is 0 Å². The summed E-state index contributed by atoms with van der Waals surface area (Å²) in [6, 6.07) is 0. The van der Waals surface area contributed by atoms with Gasteiger partial charge in [0.25, 0.3) is 0 Å². The summed E-state index contributed by atoms with van der Waals surface area (Å²) in [7, 11) is 0. The lowest BCUT2D eigenvalue weighted by Gasteiger charge is -2.11. The van der Waals surface area contributed by atoms with Gasteiger partial charge in [0.2, 0.25) is 0 Å². The van der Waals surface area contributed by atoms with E-state index < -0.39 is 5.92 Å². The van der Waals surface area contributed by atoms with Crippen LogP contribution in [0.1, 0.15) is 26.7 Å². The summed E-state index contributed by atoms with van der Waals surface area (Å²) in [6.45, 7) is 3.74. The highest BCUT2D eigenvalue weighted by atomic mass is 16.5. The third kappa shape index (κ3) is 1.91. The summed E-state index contributed by atoms with van der Waals surface area (Å²) in [5, 5.41) is 0. The maximum absolute atomic E-state index is 11.4. The van der Waals surface area contributed by atoms with Crippen LogP contribution >= 0.6 is 0 Å². The van der Waals surface area contributed by atoms with Gasteiger partial charge in [-0.3, -0.25) is 9.59 Å². The smallest absolute Gasteiger partial charge is 0.171 e. The number of Topliss-reactive ketones (excluding diaryl/α,β-unsaturated/α-hetero) is 2. The largest absolute Gasteiger partial charge is 0.370 e. The zero-order valence-electron chi connectivity index (χ0n) is 7.50. The Balaban J connectivity index is 2.51. The van der Waals surface area contributed by atoms with E-state index in [0.29, 0.717) is 6.61 Å². The standard InChI is InChI=1S/C9H14O3/c1-6(7(2)10)9(11)8-4-3-5-12-8/h6,8H,3-5H2,1-2H3. The molecule has 1 aliphatic rings. The molecule has 0 amide bonds. The predicted octanol–water partition coefficient (Wildman–Crippen LogP) is 0.960. The fourth-order valence-electron chi connectivity index (χ4n) is 1.28. The Kier molecular flexibility index (Phi) is 2.98. The Morgan fingerprint density at radius 3 is 2.58 bits per heavy atom. The molecule has 1 heterocycles. The lowest BCUT2D eigenvalue weighted by Crippen LogP contribution is -2.29. The first-order valence-electron chi connectivity index (χ1n) is 4.28. The highest BCUT2D eigenvalue weighted by Crippen LogP contribution is 2.16. The average molecular weight is 170 g/mol. The van der Waals surface area contributed by atoms with Gasteiger partial charge in [-0.25, -0.2) is 0 Å². The van der Waals surface area contributed by atoms with Crippen LogP contribution in [0.2, 0.25) is 0 Å². The SMILES string of the molecule is CC(=O)C(C)C(=O)C1CCCO1. The zero-order chi connectivity index (χ0) is 9.14. The number of carbonyl (C=O) groups excluding carboxylic acids is 2. The first-order valence-corrected chi connectivity index (χ1v) is 4.28. The molecule has 68 valence electrons. The minimum atomic E-state index is -0.493. The predicted molar refractivity (Wildman–Crippen MR) is 43.8 cm³/mol. The molecule has 0 N–H and O–H groups in total. The molecule has 1 rings (SSSR count). The van der Waals surface area contributed by atoms with Crippen molar-refractivity contribution in [1.82, 2.24) is 0 Å². The molecular formula is C9H14O3. The van der Waals surface area contributed by atoms with Gasteiger partial charge in [0.15, 0.2) is 5.78 Å². The van der Waals surface area contributed by atoms with Crippen LogP contribution in [0, 0.1) is 5.92 Å². The van der Waals surface area contributed by atoms with Gasteiger partial charge in [0, 0.05) is 6.61 Å². The molecule has 3 nitrogen and oxygen atoms in total. The normalized spacial score (nSPS) is 25.3. The third-order valence-corrected chi connectivity index (χ3v) is 2.28. The summed E-state index contributed by atoms with van der Waals surface area (Å²) >= 11 is 0. The van der Waals surface area contributed by atoms with Crippen molar-refractivity contribution >= 4 is 11.6 Å². The molecule has 0 aromatic heterocycles. The molecular weight excluding hydrogens is 156 g/mol. The van der Waals surface area contributed by atoms with Gasteiger partial charge in [-0.05, 0) is 26.7 Å². The summed E-state index contributed by atoms with van der Waals surface area (Å²) in [4.78, 5) is 22.3. The number of ketones is 2. The van der Waals surface area contributed by atoms with Crippen LogP contribution in [0.15, 0.2) is 0 Å². The molecule has 1 saturated heterocycles. The maximum Gasteiger partial charge on any atom is 0.171 e. The zero-order valence-corrected chi connectivity index (χ0v) is 7.50. The summed E-state index contributed by atoms with van der Waals surface area (Å²) < 4.78 is 5.18. The molecule has 0 aliphatic carbocycles. The van der Waals surface area contributed by atoms with Crippen LogP contribution in [-0.2, 0) is 14.3 Å². The summed E-state index contributed by atoms with van der Waals surface area (Å²) in [5.41, 5.74) is 0. The molecule has 0 saturated carbocycles. The highest BCUT2D eigenvalue weighted by Gasteiger charge is 2.29. The first-order chi connectivity index (χ1) is 5.63. The molecule has 0 aromatic carbocycles. The molecule has 12 heavy (non-hydrogen) atoms. The Morgan fingerprint density at radius 1 is 1.50 bits per heavy atom. The van der Waals surface area contributed by atoms with Crippen molar-refractivity contribution in [2.75, 3.05) is 6.61 Å². The van der Waals surface area contributed by atoms with Crippen molar-refractivity contribution in [1.29, 1.82) is 0 Å². The van der Waals surface area contributed by atoms with Gasteiger partial charge in [0.05, 0.1) is 5.92 Å². The Labute approximate surface area is 72.1 Å². The van der Waals surface area contributed by atoms with Crippen molar-refractivity contribution in [2.45, 2.75) is 32.8 Å². The molecule has 1 fully saturated rings. The number of ether oxygens (including phenoxy) is 1. The lowest BCUT2D eigenvalue weighted by atomic mass is 9.97. The van der Waals surface area contributed by atoms with Crippen molar-refractivity contribution in [2.24, 2.45) is 5.92 Å². The van der Waals surface area contributed by atoms with E-state index in [2.05, 4.69) is 0 Å². The second kappa shape index (κ2) is 3.81. The number of rotatable bonds is 3. The molecule has 0 spiro atoms. The van der Waals surface area contributed by atoms with Crippen molar-refractivity contribution in [3.8, 4) is 0 Å². The molecule has 2 atom stereocenters. The fourth-order valence-corrected chi connectivity index (χ4v) is 1.28. The second-order valence-electron chi connectivity index (χ2n) is 3.24. The van der Waals surface area contributed by atoms with E-state index in [1.165, 1.54) is 6.92 Å². The monoisotopic (exact) mass is 170 g/mol. The minimum Gasteiger partial charge on any atom is -0.370 e. The Morgan fingerprint density at radius 2 is 2.17 bits per heavy atom. The van der Waals surface area contributed by atoms with Crippen LogP contribution in [0.3, 0.4) is 0 Å². The van der Waals surface area contributed by atoms with Crippen LogP contribution in [0.4, 0.5) is 0 Å². The van der Waals surface area contributed by atoms with Crippen molar-refractivity contribution < 1.29 is 14.3 Å². The third-order valence-electron chi connectivity index (χ3n) is 2.28. The minimum absolute atomic E-state index is 0.0556. The Hall–Kier alpha value is -0.700. The van der Waals surface area contributed by atoms with E-state index in [4.69, 9.17) is 4.74 Å². The Bertz CT molecular complexity index is 192. The molecule has 0 radical (unpaired) electrons. The molecule has 0 bridgehead atoms.